The molecule has 0 atom stereocenters. The molecule has 82 valence electrons. The van der Waals surface area contributed by atoms with Crippen LogP contribution >= 0.6 is 11.6 Å². The SMILES string of the molecule is CCc1ccc(C(=O)N(C)CCCl)cc1. The lowest BCUT2D eigenvalue weighted by molar-refractivity contribution is 0.0803. The minimum atomic E-state index is 0.0262. The van der Waals surface area contributed by atoms with E-state index >= 15 is 0 Å². The third kappa shape index (κ3) is 3.24. The van der Waals surface area contributed by atoms with Crippen molar-refractivity contribution < 1.29 is 4.79 Å². The molecular weight excluding hydrogens is 210 g/mol. The summed E-state index contributed by atoms with van der Waals surface area (Å²) in [6.07, 6.45) is 0.992. The van der Waals surface area contributed by atoms with Crippen LogP contribution < -0.4 is 0 Å². The molecule has 3 heteroatoms. The summed E-state index contributed by atoms with van der Waals surface area (Å²) in [5.41, 5.74) is 1.96. The van der Waals surface area contributed by atoms with E-state index in [2.05, 4.69) is 6.92 Å². The van der Waals surface area contributed by atoms with E-state index in [4.69, 9.17) is 11.6 Å². The number of rotatable bonds is 4. The van der Waals surface area contributed by atoms with Crippen molar-refractivity contribution in [3.63, 3.8) is 0 Å². The molecule has 0 aliphatic heterocycles. The number of benzene rings is 1. The van der Waals surface area contributed by atoms with Crippen LogP contribution in [-0.4, -0.2) is 30.3 Å². The maximum Gasteiger partial charge on any atom is 0.253 e. The van der Waals surface area contributed by atoms with Gasteiger partial charge in [-0.1, -0.05) is 19.1 Å². The first-order valence-corrected chi connectivity index (χ1v) is 5.62. The quantitative estimate of drug-likeness (QED) is 0.722. The number of aryl methyl sites for hydroxylation is 1. The summed E-state index contributed by atoms with van der Waals surface area (Å²) in [4.78, 5) is 13.4. The summed E-state index contributed by atoms with van der Waals surface area (Å²) in [6, 6.07) is 7.71. The highest BCUT2D eigenvalue weighted by Gasteiger charge is 2.09. The monoisotopic (exact) mass is 225 g/mol. The van der Waals surface area contributed by atoms with Crippen molar-refractivity contribution in [2.75, 3.05) is 19.5 Å². The fraction of sp³-hybridized carbons (Fsp3) is 0.417. The number of hydrogen-bond donors (Lipinski definition) is 0. The van der Waals surface area contributed by atoms with Gasteiger partial charge in [0.15, 0.2) is 0 Å². The third-order valence-electron chi connectivity index (χ3n) is 2.38. The van der Waals surface area contributed by atoms with Gasteiger partial charge in [-0.05, 0) is 24.1 Å². The average molecular weight is 226 g/mol. The van der Waals surface area contributed by atoms with Gasteiger partial charge in [-0.25, -0.2) is 0 Å². The zero-order valence-corrected chi connectivity index (χ0v) is 9.92. The fourth-order valence-corrected chi connectivity index (χ4v) is 1.59. The van der Waals surface area contributed by atoms with Crippen LogP contribution in [0, 0.1) is 0 Å². The second kappa shape index (κ2) is 5.76. The van der Waals surface area contributed by atoms with Crippen LogP contribution in [0.2, 0.25) is 0 Å². The summed E-state index contributed by atoms with van der Waals surface area (Å²) in [5, 5.41) is 0. The highest BCUT2D eigenvalue weighted by atomic mass is 35.5. The van der Waals surface area contributed by atoms with Crippen LogP contribution in [-0.2, 0) is 6.42 Å². The van der Waals surface area contributed by atoms with E-state index < -0.39 is 0 Å². The summed E-state index contributed by atoms with van der Waals surface area (Å²) in [7, 11) is 1.76. The molecule has 0 heterocycles. The second-order valence-corrected chi connectivity index (χ2v) is 3.84. The molecule has 15 heavy (non-hydrogen) atoms. The Morgan fingerprint density at radius 2 is 1.93 bits per heavy atom. The molecule has 0 unspecified atom stereocenters. The molecule has 1 aromatic rings. The minimum Gasteiger partial charge on any atom is -0.341 e. The summed E-state index contributed by atoms with van der Waals surface area (Å²) < 4.78 is 0. The Morgan fingerprint density at radius 1 is 1.33 bits per heavy atom. The minimum absolute atomic E-state index is 0.0262. The van der Waals surface area contributed by atoms with Crippen LogP contribution in [0.4, 0.5) is 0 Å². The molecule has 2 nitrogen and oxygen atoms in total. The first-order valence-electron chi connectivity index (χ1n) is 5.09. The Morgan fingerprint density at radius 3 is 2.40 bits per heavy atom. The van der Waals surface area contributed by atoms with Crippen LogP contribution in [0.25, 0.3) is 0 Å². The maximum atomic E-state index is 11.8. The molecule has 0 bridgehead atoms. The molecule has 0 aliphatic carbocycles. The Labute approximate surface area is 95.8 Å². The molecule has 0 spiro atoms. The lowest BCUT2D eigenvalue weighted by Crippen LogP contribution is -2.28. The highest BCUT2D eigenvalue weighted by molar-refractivity contribution is 6.18. The van der Waals surface area contributed by atoms with Crippen molar-refractivity contribution >= 4 is 17.5 Å². The van der Waals surface area contributed by atoms with Crippen molar-refractivity contribution in [2.24, 2.45) is 0 Å². The molecular formula is C12H16ClNO. The molecule has 1 amide bonds. The van der Waals surface area contributed by atoms with Crippen LogP contribution in [0.15, 0.2) is 24.3 Å². The summed E-state index contributed by atoms with van der Waals surface area (Å²) >= 11 is 5.58. The Balaban J connectivity index is 2.73. The van der Waals surface area contributed by atoms with Gasteiger partial charge in [0.25, 0.3) is 5.91 Å². The normalized spacial score (nSPS) is 10.1. The number of amides is 1. The smallest absolute Gasteiger partial charge is 0.253 e. The van der Waals surface area contributed by atoms with Gasteiger partial charge in [-0.15, -0.1) is 11.6 Å². The van der Waals surface area contributed by atoms with Crippen molar-refractivity contribution in [1.82, 2.24) is 4.90 Å². The number of halogens is 1. The van der Waals surface area contributed by atoms with Crippen LogP contribution in [0.1, 0.15) is 22.8 Å². The van der Waals surface area contributed by atoms with E-state index in [9.17, 15) is 4.79 Å². The lowest BCUT2D eigenvalue weighted by Gasteiger charge is -2.15. The van der Waals surface area contributed by atoms with Gasteiger partial charge in [-0.2, -0.15) is 0 Å². The zero-order valence-electron chi connectivity index (χ0n) is 9.16. The molecule has 0 aromatic heterocycles. The molecule has 0 saturated carbocycles. The first-order chi connectivity index (χ1) is 7.19. The van der Waals surface area contributed by atoms with E-state index in [0.717, 1.165) is 12.0 Å². The van der Waals surface area contributed by atoms with E-state index in [1.165, 1.54) is 5.56 Å². The van der Waals surface area contributed by atoms with E-state index in [1.807, 2.05) is 24.3 Å². The number of hydrogen-bond acceptors (Lipinski definition) is 1. The Hall–Kier alpha value is -1.02. The third-order valence-corrected chi connectivity index (χ3v) is 2.54. The molecule has 1 rings (SSSR count). The molecule has 0 aliphatic rings. The Kier molecular flexibility index (Phi) is 4.63. The van der Waals surface area contributed by atoms with E-state index in [0.29, 0.717) is 12.4 Å². The van der Waals surface area contributed by atoms with Gasteiger partial charge < -0.3 is 4.90 Å². The van der Waals surface area contributed by atoms with Crippen LogP contribution in [0.3, 0.4) is 0 Å². The van der Waals surface area contributed by atoms with Gasteiger partial charge >= 0.3 is 0 Å². The second-order valence-electron chi connectivity index (χ2n) is 3.47. The molecule has 0 radical (unpaired) electrons. The average Bonchev–Trinajstić information content (AvgIpc) is 2.28. The van der Waals surface area contributed by atoms with Crippen LogP contribution in [0.5, 0.6) is 0 Å². The van der Waals surface area contributed by atoms with Gasteiger partial charge in [-0.3, -0.25) is 4.79 Å². The summed E-state index contributed by atoms with van der Waals surface area (Å²) in [6.45, 7) is 2.67. The van der Waals surface area contributed by atoms with Crippen molar-refractivity contribution in [3.05, 3.63) is 35.4 Å². The summed E-state index contributed by atoms with van der Waals surface area (Å²) in [5.74, 6) is 0.494. The lowest BCUT2D eigenvalue weighted by atomic mass is 10.1. The van der Waals surface area contributed by atoms with E-state index in [1.54, 1.807) is 11.9 Å². The molecule has 0 saturated heterocycles. The largest absolute Gasteiger partial charge is 0.341 e. The van der Waals surface area contributed by atoms with Crippen molar-refractivity contribution in [2.45, 2.75) is 13.3 Å². The maximum absolute atomic E-state index is 11.8. The number of alkyl halides is 1. The molecule has 0 fully saturated rings. The first kappa shape index (κ1) is 12.1. The van der Waals surface area contributed by atoms with E-state index in [-0.39, 0.29) is 5.91 Å². The standard InChI is InChI=1S/C12H16ClNO/c1-3-10-4-6-11(7-5-10)12(15)14(2)9-8-13/h4-7H,3,8-9H2,1-2H3. The Bertz CT molecular complexity index is 321. The molecule has 0 N–H and O–H groups in total. The predicted molar refractivity (Wildman–Crippen MR) is 63.5 cm³/mol. The van der Waals surface area contributed by atoms with Crippen molar-refractivity contribution in [3.8, 4) is 0 Å². The predicted octanol–water partition coefficient (Wildman–Crippen LogP) is 2.56. The van der Waals surface area contributed by atoms with Gasteiger partial charge in [0.1, 0.15) is 0 Å². The zero-order chi connectivity index (χ0) is 11.3. The molecule has 1 aromatic carbocycles. The van der Waals surface area contributed by atoms with Gasteiger partial charge in [0.2, 0.25) is 0 Å². The fourth-order valence-electron chi connectivity index (χ4n) is 1.33. The van der Waals surface area contributed by atoms with Gasteiger partial charge in [0.05, 0.1) is 0 Å². The highest BCUT2D eigenvalue weighted by Crippen LogP contribution is 2.07. The topological polar surface area (TPSA) is 20.3 Å². The number of carbonyl (C=O) groups is 1. The van der Waals surface area contributed by atoms with Gasteiger partial charge in [0, 0.05) is 25.0 Å². The van der Waals surface area contributed by atoms with Crippen molar-refractivity contribution in [1.29, 1.82) is 0 Å². The number of nitrogens with zero attached hydrogens (tertiary/aromatic N) is 1. The number of carbonyl (C=O) groups excluding carboxylic acids is 1.